The number of anilines is 1. The van der Waals surface area contributed by atoms with E-state index in [2.05, 4.69) is 5.32 Å². The summed E-state index contributed by atoms with van der Waals surface area (Å²) < 4.78 is 15.5. The third-order valence-electron chi connectivity index (χ3n) is 2.41. The fourth-order valence-corrected chi connectivity index (χ4v) is 1.46. The highest BCUT2D eigenvalue weighted by Crippen LogP contribution is 2.25. The molecule has 1 aromatic carbocycles. The Bertz CT molecular complexity index is 335. The molecule has 0 amide bonds. The molecule has 0 aliphatic heterocycles. The highest BCUT2D eigenvalue weighted by molar-refractivity contribution is 5.53. The van der Waals surface area contributed by atoms with Gasteiger partial charge in [-0.3, -0.25) is 0 Å². The number of nitrogens with one attached hydrogen (secondary N) is 1. The summed E-state index contributed by atoms with van der Waals surface area (Å²) in [4.78, 5) is 0. The van der Waals surface area contributed by atoms with Crippen LogP contribution in [0.1, 0.15) is 6.92 Å². The van der Waals surface area contributed by atoms with Crippen molar-refractivity contribution in [3.63, 3.8) is 0 Å². The Morgan fingerprint density at radius 3 is 2.28 bits per heavy atom. The number of rotatable bonds is 8. The van der Waals surface area contributed by atoms with E-state index < -0.39 is 6.10 Å². The van der Waals surface area contributed by atoms with Crippen LogP contribution in [0, 0.1) is 0 Å². The molecule has 0 saturated carbocycles. The molecule has 0 heterocycles. The topological polar surface area (TPSA) is 60.0 Å². The van der Waals surface area contributed by atoms with Crippen molar-refractivity contribution in [3.8, 4) is 11.5 Å². The molecule has 0 spiro atoms. The van der Waals surface area contributed by atoms with Gasteiger partial charge in [0.15, 0.2) is 0 Å². The normalized spacial score (nSPS) is 12.0. The van der Waals surface area contributed by atoms with Gasteiger partial charge >= 0.3 is 0 Å². The van der Waals surface area contributed by atoms with Gasteiger partial charge in [0.1, 0.15) is 11.5 Å². The number of ether oxygens (including phenoxy) is 3. The minimum atomic E-state index is -0.540. The summed E-state index contributed by atoms with van der Waals surface area (Å²) in [6.07, 6.45) is -0.540. The van der Waals surface area contributed by atoms with Crippen molar-refractivity contribution in [1.82, 2.24) is 0 Å². The van der Waals surface area contributed by atoms with E-state index >= 15 is 0 Å². The predicted molar refractivity (Wildman–Crippen MR) is 70.5 cm³/mol. The Morgan fingerprint density at radius 1 is 1.17 bits per heavy atom. The van der Waals surface area contributed by atoms with Crippen LogP contribution in [0.4, 0.5) is 5.69 Å². The molecule has 0 aliphatic rings. The summed E-state index contributed by atoms with van der Waals surface area (Å²) in [5.74, 6) is 1.41. The first-order valence-electron chi connectivity index (χ1n) is 5.92. The third kappa shape index (κ3) is 4.81. The SMILES string of the molecule is CCOCC(O)CNc1cc(OC)cc(OC)c1. The standard InChI is InChI=1S/C13H21NO4/c1-4-18-9-11(15)8-14-10-5-12(16-2)7-13(6-10)17-3/h5-7,11,14-15H,4,8-9H2,1-3H3. The molecule has 0 aliphatic carbocycles. The Morgan fingerprint density at radius 2 is 1.78 bits per heavy atom. The summed E-state index contributed by atoms with van der Waals surface area (Å²) in [6.45, 7) is 3.23. The zero-order valence-electron chi connectivity index (χ0n) is 11.1. The van der Waals surface area contributed by atoms with Crippen LogP contribution >= 0.6 is 0 Å². The van der Waals surface area contributed by atoms with Gasteiger partial charge in [-0.1, -0.05) is 0 Å². The zero-order chi connectivity index (χ0) is 13.4. The highest BCUT2D eigenvalue weighted by Gasteiger charge is 2.05. The van der Waals surface area contributed by atoms with Gasteiger partial charge in [-0.15, -0.1) is 0 Å². The van der Waals surface area contributed by atoms with E-state index in [1.807, 2.05) is 19.1 Å². The Balaban J connectivity index is 2.55. The number of benzene rings is 1. The molecule has 0 bridgehead atoms. The van der Waals surface area contributed by atoms with E-state index in [9.17, 15) is 5.11 Å². The molecular weight excluding hydrogens is 234 g/mol. The first kappa shape index (κ1) is 14.6. The summed E-state index contributed by atoms with van der Waals surface area (Å²) in [6, 6.07) is 5.48. The average Bonchev–Trinajstić information content (AvgIpc) is 2.42. The molecule has 1 aromatic rings. The molecule has 0 radical (unpaired) electrons. The number of hydrogen-bond donors (Lipinski definition) is 2. The van der Waals surface area contributed by atoms with Crippen molar-refractivity contribution in [2.45, 2.75) is 13.0 Å². The van der Waals surface area contributed by atoms with E-state index in [1.54, 1.807) is 20.3 Å². The van der Waals surface area contributed by atoms with Gasteiger partial charge in [0.2, 0.25) is 0 Å². The van der Waals surface area contributed by atoms with Gasteiger partial charge in [0.05, 0.1) is 26.9 Å². The van der Waals surface area contributed by atoms with Crippen molar-refractivity contribution in [1.29, 1.82) is 0 Å². The lowest BCUT2D eigenvalue weighted by molar-refractivity contribution is 0.0496. The monoisotopic (exact) mass is 255 g/mol. The van der Waals surface area contributed by atoms with E-state index in [4.69, 9.17) is 14.2 Å². The van der Waals surface area contributed by atoms with Crippen molar-refractivity contribution in [3.05, 3.63) is 18.2 Å². The summed E-state index contributed by atoms with van der Waals surface area (Å²) in [5.41, 5.74) is 0.835. The maximum absolute atomic E-state index is 9.64. The molecule has 102 valence electrons. The maximum atomic E-state index is 9.64. The summed E-state index contributed by atoms with van der Waals surface area (Å²) >= 11 is 0. The predicted octanol–water partition coefficient (Wildman–Crippen LogP) is 1.51. The van der Waals surface area contributed by atoms with Crippen LogP contribution < -0.4 is 14.8 Å². The molecule has 5 nitrogen and oxygen atoms in total. The number of aliphatic hydroxyl groups excluding tert-OH is 1. The van der Waals surface area contributed by atoms with Gasteiger partial charge in [-0.25, -0.2) is 0 Å². The van der Waals surface area contributed by atoms with E-state index in [0.717, 1.165) is 5.69 Å². The largest absolute Gasteiger partial charge is 0.497 e. The molecule has 5 heteroatoms. The van der Waals surface area contributed by atoms with Gasteiger partial charge < -0.3 is 24.6 Å². The fraction of sp³-hybridized carbons (Fsp3) is 0.538. The molecule has 1 rings (SSSR count). The fourth-order valence-electron chi connectivity index (χ4n) is 1.46. The molecule has 2 N–H and O–H groups in total. The molecule has 0 aromatic heterocycles. The Kier molecular flexibility index (Phi) is 6.32. The van der Waals surface area contributed by atoms with Crippen LogP contribution in [0.2, 0.25) is 0 Å². The van der Waals surface area contributed by atoms with Crippen LogP contribution in [0.15, 0.2) is 18.2 Å². The Hall–Kier alpha value is -1.46. The summed E-state index contributed by atoms with van der Waals surface area (Å²) in [7, 11) is 3.20. The second kappa shape index (κ2) is 7.79. The van der Waals surface area contributed by atoms with Crippen LogP contribution in [0.3, 0.4) is 0 Å². The highest BCUT2D eigenvalue weighted by atomic mass is 16.5. The minimum absolute atomic E-state index is 0.324. The number of aliphatic hydroxyl groups is 1. The van der Waals surface area contributed by atoms with Gasteiger partial charge in [-0.2, -0.15) is 0 Å². The van der Waals surface area contributed by atoms with Gasteiger partial charge in [0, 0.05) is 37.0 Å². The first-order chi connectivity index (χ1) is 8.69. The minimum Gasteiger partial charge on any atom is -0.497 e. The van der Waals surface area contributed by atoms with Gasteiger partial charge in [-0.05, 0) is 6.92 Å². The molecular formula is C13H21NO4. The molecule has 0 saturated heterocycles. The van der Waals surface area contributed by atoms with Crippen molar-refractivity contribution in [2.24, 2.45) is 0 Å². The van der Waals surface area contributed by atoms with E-state index in [0.29, 0.717) is 31.3 Å². The van der Waals surface area contributed by atoms with E-state index in [1.165, 1.54) is 0 Å². The van der Waals surface area contributed by atoms with Crippen molar-refractivity contribution >= 4 is 5.69 Å². The van der Waals surface area contributed by atoms with Crippen molar-refractivity contribution < 1.29 is 19.3 Å². The van der Waals surface area contributed by atoms with Crippen LogP contribution in [-0.4, -0.2) is 45.2 Å². The molecule has 0 fully saturated rings. The van der Waals surface area contributed by atoms with Crippen molar-refractivity contribution in [2.75, 3.05) is 39.3 Å². The van der Waals surface area contributed by atoms with Crippen LogP contribution in [-0.2, 0) is 4.74 Å². The lowest BCUT2D eigenvalue weighted by Gasteiger charge is -2.14. The first-order valence-corrected chi connectivity index (χ1v) is 5.92. The maximum Gasteiger partial charge on any atom is 0.124 e. The lowest BCUT2D eigenvalue weighted by Crippen LogP contribution is -2.24. The van der Waals surface area contributed by atoms with Crippen LogP contribution in [0.5, 0.6) is 11.5 Å². The second-order valence-electron chi connectivity index (χ2n) is 3.80. The second-order valence-corrected chi connectivity index (χ2v) is 3.80. The third-order valence-corrected chi connectivity index (χ3v) is 2.41. The quantitative estimate of drug-likeness (QED) is 0.737. The lowest BCUT2D eigenvalue weighted by atomic mass is 10.2. The van der Waals surface area contributed by atoms with Crippen LogP contribution in [0.25, 0.3) is 0 Å². The number of methoxy groups -OCH3 is 2. The Labute approximate surface area is 108 Å². The smallest absolute Gasteiger partial charge is 0.124 e. The summed E-state index contributed by atoms with van der Waals surface area (Å²) in [5, 5.41) is 12.8. The van der Waals surface area contributed by atoms with E-state index in [-0.39, 0.29) is 0 Å². The molecule has 18 heavy (non-hydrogen) atoms. The molecule has 1 atom stereocenters. The number of hydrogen-bond acceptors (Lipinski definition) is 5. The average molecular weight is 255 g/mol. The molecule has 1 unspecified atom stereocenters. The van der Waals surface area contributed by atoms with Gasteiger partial charge in [0.25, 0.3) is 0 Å². The zero-order valence-corrected chi connectivity index (χ0v) is 11.1.